The monoisotopic (exact) mass is 276 g/mol. The molecule has 0 aliphatic carbocycles. The van der Waals surface area contributed by atoms with E-state index in [9.17, 15) is 0 Å². The van der Waals surface area contributed by atoms with Crippen LogP contribution in [0.15, 0.2) is 0 Å². The first-order chi connectivity index (χ1) is 8.76. The summed E-state index contributed by atoms with van der Waals surface area (Å²) < 4.78 is 22.2. The molecular formula is C13H28O4Si. The Hall–Kier alpha value is 0.0569. The number of rotatable bonds is 12. The fraction of sp³-hybridized carbons (Fsp3) is 1.00. The van der Waals surface area contributed by atoms with Crippen LogP contribution >= 0.6 is 0 Å². The fourth-order valence-corrected chi connectivity index (χ4v) is 3.72. The van der Waals surface area contributed by atoms with Gasteiger partial charge in [-0.3, -0.25) is 0 Å². The molecule has 1 aliphatic heterocycles. The summed E-state index contributed by atoms with van der Waals surface area (Å²) in [6.45, 7) is 9.49. The summed E-state index contributed by atoms with van der Waals surface area (Å²) in [5, 5.41) is 0. The van der Waals surface area contributed by atoms with Crippen LogP contribution in [-0.2, 0) is 18.3 Å². The molecule has 1 rings (SSSR count). The fourth-order valence-electron chi connectivity index (χ4n) is 1.93. The standard InChI is InChI=1S/C13H28O4Si/c1-4-16-18(17-5-2)9-7-6-8-14-12(3)10-13-11-15-13/h12-13,18H,4-11H2,1-3H3. The highest BCUT2D eigenvalue weighted by atomic mass is 28.3. The van der Waals surface area contributed by atoms with Crippen LogP contribution in [0, 0.1) is 0 Å². The van der Waals surface area contributed by atoms with Gasteiger partial charge in [-0.05, 0) is 39.7 Å². The zero-order valence-corrected chi connectivity index (χ0v) is 13.2. The lowest BCUT2D eigenvalue weighted by molar-refractivity contribution is 0.0529. The van der Waals surface area contributed by atoms with E-state index in [-0.39, 0.29) is 0 Å². The smallest absolute Gasteiger partial charge is 0.321 e. The summed E-state index contributed by atoms with van der Waals surface area (Å²) in [6, 6.07) is 1.09. The molecule has 0 amide bonds. The van der Waals surface area contributed by atoms with E-state index in [4.69, 9.17) is 18.3 Å². The summed E-state index contributed by atoms with van der Waals surface area (Å²) in [6.07, 6.45) is 4.07. The third-order valence-electron chi connectivity index (χ3n) is 2.94. The van der Waals surface area contributed by atoms with E-state index in [0.29, 0.717) is 12.2 Å². The summed E-state index contributed by atoms with van der Waals surface area (Å²) >= 11 is 0. The van der Waals surface area contributed by atoms with Gasteiger partial charge in [-0.25, -0.2) is 0 Å². The number of ether oxygens (including phenoxy) is 2. The Morgan fingerprint density at radius 3 is 2.44 bits per heavy atom. The SMILES string of the molecule is CCO[SiH](CCCCOC(C)CC1CO1)OCC. The summed E-state index contributed by atoms with van der Waals surface area (Å²) in [7, 11) is -1.39. The molecule has 0 aromatic rings. The lowest BCUT2D eigenvalue weighted by Gasteiger charge is -2.15. The molecule has 2 unspecified atom stereocenters. The molecule has 1 heterocycles. The number of hydrogen-bond acceptors (Lipinski definition) is 4. The largest absolute Gasteiger partial charge is 0.397 e. The van der Waals surface area contributed by atoms with Gasteiger partial charge in [0.2, 0.25) is 0 Å². The van der Waals surface area contributed by atoms with Crippen molar-refractivity contribution in [2.75, 3.05) is 26.4 Å². The van der Waals surface area contributed by atoms with Crippen molar-refractivity contribution < 1.29 is 18.3 Å². The molecule has 5 heteroatoms. The molecule has 108 valence electrons. The highest BCUT2D eigenvalue weighted by molar-refractivity contribution is 6.44. The Morgan fingerprint density at radius 1 is 1.22 bits per heavy atom. The van der Waals surface area contributed by atoms with Crippen molar-refractivity contribution in [3.8, 4) is 0 Å². The Kier molecular flexibility index (Phi) is 8.88. The molecule has 18 heavy (non-hydrogen) atoms. The van der Waals surface area contributed by atoms with Crippen molar-refractivity contribution in [1.29, 1.82) is 0 Å². The lowest BCUT2D eigenvalue weighted by Crippen LogP contribution is -2.22. The molecule has 0 saturated carbocycles. The molecule has 0 bridgehead atoms. The maximum atomic E-state index is 5.75. The molecule has 0 aromatic carbocycles. The van der Waals surface area contributed by atoms with E-state index < -0.39 is 9.28 Å². The van der Waals surface area contributed by atoms with Crippen LogP contribution in [0.1, 0.15) is 40.0 Å². The summed E-state index contributed by atoms with van der Waals surface area (Å²) in [4.78, 5) is 0. The first-order valence-corrected chi connectivity index (χ1v) is 8.98. The second-order valence-electron chi connectivity index (χ2n) is 4.71. The molecule has 1 fully saturated rings. The van der Waals surface area contributed by atoms with Gasteiger partial charge in [0.05, 0.1) is 18.8 Å². The van der Waals surface area contributed by atoms with E-state index in [1.165, 1.54) is 0 Å². The molecule has 1 saturated heterocycles. The number of epoxide rings is 1. The Morgan fingerprint density at radius 2 is 1.89 bits per heavy atom. The van der Waals surface area contributed by atoms with Gasteiger partial charge >= 0.3 is 9.28 Å². The maximum Gasteiger partial charge on any atom is 0.321 e. The van der Waals surface area contributed by atoms with Crippen molar-refractivity contribution in [3.63, 3.8) is 0 Å². The quantitative estimate of drug-likeness (QED) is 0.311. The second-order valence-corrected chi connectivity index (χ2v) is 6.81. The number of hydrogen-bond donors (Lipinski definition) is 0. The van der Waals surface area contributed by atoms with Gasteiger partial charge in [0.1, 0.15) is 0 Å². The Balaban J connectivity index is 1.91. The highest BCUT2D eigenvalue weighted by Gasteiger charge is 2.24. The first kappa shape index (κ1) is 16.1. The van der Waals surface area contributed by atoms with Crippen molar-refractivity contribution in [2.45, 2.75) is 58.3 Å². The zero-order chi connectivity index (χ0) is 13.2. The minimum Gasteiger partial charge on any atom is -0.397 e. The van der Waals surface area contributed by atoms with Crippen LogP contribution in [0.4, 0.5) is 0 Å². The van der Waals surface area contributed by atoms with E-state index in [1.54, 1.807) is 0 Å². The van der Waals surface area contributed by atoms with Gasteiger partial charge in [0.25, 0.3) is 0 Å². The van der Waals surface area contributed by atoms with Gasteiger partial charge in [-0.1, -0.05) is 0 Å². The predicted octanol–water partition coefficient (Wildman–Crippen LogP) is 2.25. The van der Waals surface area contributed by atoms with Gasteiger partial charge in [0, 0.05) is 26.2 Å². The van der Waals surface area contributed by atoms with E-state index >= 15 is 0 Å². The molecule has 0 radical (unpaired) electrons. The van der Waals surface area contributed by atoms with Gasteiger partial charge < -0.3 is 18.3 Å². The lowest BCUT2D eigenvalue weighted by atomic mass is 10.2. The third-order valence-corrected chi connectivity index (χ3v) is 5.23. The van der Waals surface area contributed by atoms with Crippen molar-refractivity contribution in [3.05, 3.63) is 0 Å². The average Bonchev–Trinajstić information content (AvgIpc) is 3.13. The maximum absolute atomic E-state index is 5.75. The van der Waals surface area contributed by atoms with Crippen LogP contribution in [0.3, 0.4) is 0 Å². The van der Waals surface area contributed by atoms with Crippen molar-refractivity contribution in [1.82, 2.24) is 0 Å². The van der Waals surface area contributed by atoms with E-state index in [0.717, 1.165) is 51.7 Å². The van der Waals surface area contributed by atoms with Crippen LogP contribution in [0.5, 0.6) is 0 Å². The minimum absolute atomic E-state index is 0.323. The normalized spacial score (nSPS) is 20.3. The highest BCUT2D eigenvalue weighted by Crippen LogP contribution is 2.17. The zero-order valence-electron chi connectivity index (χ0n) is 12.0. The Labute approximate surface area is 113 Å². The van der Waals surface area contributed by atoms with Crippen LogP contribution < -0.4 is 0 Å². The van der Waals surface area contributed by atoms with Gasteiger partial charge in [-0.2, -0.15) is 0 Å². The molecule has 0 aromatic heterocycles. The minimum atomic E-state index is -1.39. The topological polar surface area (TPSA) is 40.2 Å². The molecular weight excluding hydrogens is 248 g/mol. The van der Waals surface area contributed by atoms with Crippen LogP contribution in [0.2, 0.25) is 6.04 Å². The van der Waals surface area contributed by atoms with Gasteiger partial charge in [0.15, 0.2) is 0 Å². The predicted molar refractivity (Wildman–Crippen MR) is 74.2 cm³/mol. The van der Waals surface area contributed by atoms with Crippen LogP contribution in [0.25, 0.3) is 0 Å². The molecule has 4 nitrogen and oxygen atoms in total. The summed E-state index contributed by atoms with van der Waals surface area (Å²) in [5.41, 5.74) is 0. The van der Waals surface area contributed by atoms with Crippen LogP contribution in [-0.4, -0.2) is 47.9 Å². The summed E-state index contributed by atoms with van der Waals surface area (Å²) in [5.74, 6) is 0. The van der Waals surface area contributed by atoms with Gasteiger partial charge in [-0.15, -0.1) is 0 Å². The molecule has 0 spiro atoms. The third kappa shape index (κ3) is 8.21. The van der Waals surface area contributed by atoms with E-state index in [2.05, 4.69) is 6.92 Å². The van der Waals surface area contributed by atoms with E-state index in [1.807, 2.05) is 13.8 Å². The molecule has 1 aliphatic rings. The molecule has 2 atom stereocenters. The Bertz CT molecular complexity index is 193. The number of unbranched alkanes of at least 4 members (excludes halogenated alkanes) is 1. The average molecular weight is 276 g/mol. The molecule has 0 N–H and O–H groups in total. The first-order valence-electron chi connectivity index (χ1n) is 7.22. The van der Waals surface area contributed by atoms with Crippen molar-refractivity contribution >= 4 is 9.28 Å². The second kappa shape index (κ2) is 9.92. The van der Waals surface area contributed by atoms with Crippen molar-refractivity contribution in [2.24, 2.45) is 0 Å².